The Morgan fingerprint density at radius 3 is 2.32 bits per heavy atom. The molecule has 0 rings (SSSR count). The molecule has 0 spiro atoms. The Bertz CT molecular complexity index is 182. The van der Waals surface area contributed by atoms with E-state index in [-0.39, 0.29) is 18.2 Å². The molecule has 2 nitrogen and oxygen atoms in total. The van der Waals surface area contributed by atoms with Crippen LogP contribution in [-0.4, -0.2) is 38.2 Å². The molecular weight excluding hydrogens is 316 g/mol. The molecule has 0 aliphatic rings. The average molecular weight is 348 g/mol. The average Bonchev–Trinajstić information content (AvgIpc) is 2.40. The highest BCUT2D eigenvalue weighted by molar-refractivity contribution is 9.23. The molecule has 2 unspecified atom stereocenters. The molecule has 0 fully saturated rings. The van der Waals surface area contributed by atoms with E-state index in [1.54, 1.807) is 0 Å². The molecule has 112 valence electrons. The lowest BCUT2D eigenvalue weighted by molar-refractivity contribution is -0.0560. The largest absolute Gasteiger partial charge is 0.471 e. The quantitative estimate of drug-likeness (QED) is 0.245. The van der Waals surface area contributed by atoms with Crippen molar-refractivity contribution < 1.29 is 9.47 Å². The van der Waals surface area contributed by atoms with Crippen LogP contribution in [0.3, 0.4) is 0 Å². The second kappa shape index (κ2) is 15.6. The summed E-state index contributed by atoms with van der Waals surface area (Å²) in [5.74, 6) is 0.832. The zero-order valence-corrected chi connectivity index (χ0v) is 16.1. The summed E-state index contributed by atoms with van der Waals surface area (Å²) in [5.41, 5.74) is 0. The van der Waals surface area contributed by atoms with Gasteiger partial charge in [0.15, 0.2) is 0 Å². The molecule has 0 heterocycles. The zero-order valence-electron chi connectivity index (χ0n) is 13.1. The Kier molecular flexibility index (Phi) is 16.5. The van der Waals surface area contributed by atoms with E-state index in [9.17, 15) is 0 Å². The first-order valence-corrected chi connectivity index (χ1v) is 12.6. The van der Waals surface area contributed by atoms with Gasteiger partial charge in [0.25, 0.3) is 0 Å². The number of rotatable bonds is 14. The molecule has 0 aromatic heterocycles. The third-order valence-corrected chi connectivity index (χ3v) is 7.54. The summed E-state index contributed by atoms with van der Waals surface area (Å²) in [5, 5.41) is 0. The van der Waals surface area contributed by atoms with E-state index in [1.165, 1.54) is 38.5 Å². The van der Waals surface area contributed by atoms with Gasteiger partial charge in [0.2, 0.25) is 0 Å². The lowest BCUT2D eigenvalue weighted by Crippen LogP contribution is -2.06. The molecule has 0 bridgehead atoms. The van der Waals surface area contributed by atoms with Gasteiger partial charge in [-0.15, -0.1) is 4.05 Å². The Hall–Kier alpha value is 1.17. The predicted octanol–water partition coefficient (Wildman–Crippen LogP) is 5.19. The number of hydrogen-bond donors (Lipinski definition) is 0. The summed E-state index contributed by atoms with van der Waals surface area (Å²) in [6.07, 6.45) is 8.86. The lowest BCUT2D eigenvalue weighted by Gasteiger charge is -2.15. The highest BCUT2D eigenvalue weighted by atomic mass is 79.9. The fourth-order valence-corrected chi connectivity index (χ4v) is 3.70. The van der Waals surface area contributed by atoms with Gasteiger partial charge in [0.05, 0.1) is 0 Å². The van der Waals surface area contributed by atoms with Crippen LogP contribution in [0.4, 0.5) is 0 Å². The van der Waals surface area contributed by atoms with Crippen molar-refractivity contribution in [1.29, 1.82) is 0 Å². The van der Waals surface area contributed by atoms with Crippen molar-refractivity contribution in [1.82, 2.24) is 0 Å². The van der Waals surface area contributed by atoms with Gasteiger partial charge in [-0.1, -0.05) is 46.5 Å². The molecule has 0 aromatic rings. The van der Waals surface area contributed by atoms with Crippen molar-refractivity contribution in [2.24, 2.45) is 5.92 Å². The first-order valence-electron chi connectivity index (χ1n) is 7.92. The first-order chi connectivity index (χ1) is 9.20. The summed E-state index contributed by atoms with van der Waals surface area (Å²) in [4.78, 5) is 0. The Labute approximate surface area is 136 Å². The fourth-order valence-electron chi connectivity index (χ4n) is 2.21. The summed E-state index contributed by atoms with van der Waals surface area (Å²) >= 11 is 3.68. The van der Waals surface area contributed by atoms with Gasteiger partial charge in [-0.3, -0.25) is 0 Å². The maximum atomic E-state index is 5.50. The monoisotopic (exact) mass is 346 g/mol. The SMILES string of the molecule is CCCCCCOCOCCCC(C)C[CH](C)[Mg][Br]. The fraction of sp³-hybridized carbons (Fsp3) is 1.00. The van der Waals surface area contributed by atoms with Crippen molar-refractivity contribution in [3.63, 3.8) is 0 Å². The number of ether oxygens (including phenoxy) is 2. The molecule has 0 amide bonds. The molecule has 0 saturated carbocycles. The number of hydrogen-bond acceptors (Lipinski definition) is 2. The van der Waals surface area contributed by atoms with Gasteiger partial charge in [0, 0.05) is 13.2 Å². The second-order valence-electron chi connectivity index (χ2n) is 5.74. The van der Waals surface area contributed by atoms with Crippen molar-refractivity contribution in [3.05, 3.63) is 0 Å². The van der Waals surface area contributed by atoms with Gasteiger partial charge in [-0.05, 0) is 25.2 Å². The van der Waals surface area contributed by atoms with E-state index >= 15 is 0 Å². The van der Waals surface area contributed by atoms with Crippen LogP contribution >= 0.6 is 12.9 Å². The normalized spacial score (nSPS) is 14.1. The van der Waals surface area contributed by atoms with Crippen LogP contribution in [-0.2, 0) is 9.47 Å². The maximum absolute atomic E-state index is 5.50. The molecule has 0 aliphatic carbocycles. The van der Waals surface area contributed by atoms with Crippen molar-refractivity contribution >= 4 is 31.1 Å². The Morgan fingerprint density at radius 2 is 1.68 bits per heavy atom. The van der Waals surface area contributed by atoms with Crippen LogP contribution in [0.25, 0.3) is 0 Å². The van der Waals surface area contributed by atoms with Crippen LogP contribution < -0.4 is 0 Å². The topological polar surface area (TPSA) is 18.5 Å². The highest BCUT2D eigenvalue weighted by Crippen LogP contribution is 2.21. The number of halogens is 1. The van der Waals surface area contributed by atoms with Crippen molar-refractivity contribution in [3.8, 4) is 0 Å². The molecule has 19 heavy (non-hydrogen) atoms. The first kappa shape index (κ1) is 20.2. The molecule has 0 aromatic carbocycles. The van der Waals surface area contributed by atoms with E-state index in [1.807, 2.05) is 0 Å². The summed E-state index contributed by atoms with van der Waals surface area (Å²) < 4.78 is 11.9. The van der Waals surface area contributed by atoms with Crippen LogP contribution in [0.2, 0.25) is 4.05 Å². The molecule has 4 heteroatoms. The zero-order chi connectivity index (χ0) is 14.3. The standard InChI is InChI=1S/C15H31O2.BrH.Mg/c1-4-6-7-8-12-16-14-17-13-9-11-15(3)10-5-2;;/h5,15H,4,6-14H2,1-3H3;1H;/q;;+1/p-1. The molecule has 0 N–H and O–H groups in total. The molecular formula is C15H31BrMgO2. The molecule has 0 aliphatic heterocycles. The smallest absolute Gasteiger partial charge is 0.355 e. The Morgan fingerprint density at radius 1 is 1.00 bits per heavy atom. The van der Waals surface area contributed by atoms with Crippen LogP contribution in [0, 0.1) is 5.92 Å². The van der Waals surface area contributed by atoms with E-state index in [0.29, 0.717) is 6.79 Å². The minimum atomic E-state index is 0.00779. The van der Waals surface area contributed by atoms with Gasteiger partial charge < -0.3 is 22.4 Å². The van der Waals surface area contributed by atoms with Crippen molar-refractivity contribution in [2.75, 3.05) is 20.0 Å². The van der Waals surface area contributed by atoms with E-state index < -0.39 is 0 Å². The summed E-state index contributed by atoms with van der Waals surface area (Å²) in [6, 6.07) is 0. The van der Waals surface area contributed by atoms with E-state index in [0.717, 1.165) is 29.6 Å². The molecule has 0 radical (unpaired) electrons. The minimum Gasteiger partial charge on any atom is -0.355 e. The molecule has 2 atom stereocenters. The maximum Gasteiger partial charge on any atom is 0.471 e. The van der Waals surface area contributed by atoms with Gasteiger partial charge in [-0.2, -0.15) is 0 Å². The van der Waals surface area contributed by atoms with Gasteiger partial charge >= 0.3 is 18.2 Å². The minimum absolute atomic E-state index is 0.00779. The third-order valence-electron chi connectivity index (χ3n) is 3.36. The summed E-state index contributed by atoms with van der Waals surface area (Å²) in [7, 11) is 0. The predicted molar refractivity (Wildman–Crippen MR) is 88.0 cm³/mol. The van der Waals surface area contributed by atoms with Crippen LogP contribution in [0.1, 0.15) is 65.7 Å². The second-order valence-corrected chi connectivity index (χ2v) is 9.38. The van der Waals surface area contributed by atoms with E-state index in [4.69, 9.17) is 9.47 Å². The Balaban J connectivity index is 3.13. The van der Waals surface area contributed by atoms with E-state index in [2.05, 4.69) is 33.7 Å². The third kappa shape index (κ3) is 15.4. The lowest BCUT2D eigenvalue weighted by atomic mass is 10.0. The number of unbranched alkanes of at least 4 members (excludes halogenated alkanes) is 3. The molecule has 0 saturated heterocycles. The van der Waals surface area contributed by atoms with Gasteiger partial charge in [0.1, 0.15) is 6.79 Å². The van der Waals surface area contributed by atoms with Gasteiger partial charge in [-0.25, -0.2) is 0 Å². The summed E-state index contributed by atoms with van der Waals surface area (Å²) in [6.45, 7) is 9.12. The van der Waals surface area contributed by atoms with Crippen molar-refractivity contribution in [2.45, 2.75) is 69.8 Å². The van der Waals surface area contributed by atoms with Crippen LogP contribution in [0.15, 0.2) is 0 Å². The highest BCUT2D eigenvalue weighted by Gasteiger charge is 2.09. The van der Waals surface area contributed by atoms with Crippen LogP contribution in [0.5, 0.6) is 0 Å².